The average molecular weight is 241 g/mol. The lowest BCUT2D eigenvalue weighted by molar-refractivity contribution is -0.121. The molecule has 1 aliphatic carbocycles. The molecular weight excluding hydrogens is 218 g/mol. The molecule has 0 heterocycles. The molecule has 98 valence electrons. The summed E-state index contributed by atoms with van der Waals surface area (Å²) in [5, 5.41) is 8.75. The topological polar surface area (TPSA) is 70.2 Å². The fourth-order valence-corrected chi connectivity index (χ4v) is 1.48. The van der Waals surface area contributed by atoms with Gasteiger partial charge in [-0.1, -0.05) is 0 Å². The Labute approximate surface area is 103 Å². The van der Waals surface area contributed by atoms with Gasteiger partial charge in [0.05, 0.1) is 6.54 Å². The summed E-state index contributed by atoms with van der Waals surface area (Å²) in [4.78, 5) is 22.6. The van der Waals surface area contributed by atoms with E-state index in [4.69, 9.17) is 0 Å². The summed E-state index contributed by atoms with van der Waals surface area (Å²) in [5.74, 6) is 0.128. The third-order valence-corrected chi connectivity index (χ3v) is 2.44. The quantitative estimate of drug-likeness (QED) is 0.530. The highest BCUT2D eigenvalue weighted by Gasteiger charge is 2.22. The molecule has 0 atom stereocenters. The van der Waals surface area contributed by atoms with Crippen LogP contribution in [0.2, 0.25) is 0 Å². The molecule has 0 aromatic carbocycles. The van der Waals surface area contributed by atoms with Gasteiger partial charge in [0.1, 0.15) is 0 Å². The summed E-state index contributed by atoms with van der Waals surface area (Å²) in [7, 11) is 0. The van der Waals surface area contributed by atoms with Gasteiger partial charge in [0.15, 0.2) is 0 Å². The molecule has 0 spiro atoms. The average Bonchev–Trinajstić information content (AvgIpc) is 2.99. The van der Waals surface area contributed by atoms with Crippen LogP contribution in [0, 0.1) is 0 Å². The summed E-state index contributed by atoms with van der Waals surface area (Å²) >= 11 is 0. The standard InChI is InChI=1S/C12H23N3O2/c1-9(2)14-12(17)8-13-7-3-4-11(16)15-10-5-6-10/h9-10,13H,3-8H2,1-2H3,(H,14,17)(H,15,16). The van der Waals surface area contributed by atoms with E-state index in [1.54, 1.807) is 0 Å². The maximum atomic E-state index is 11.3. The molecule has 2 amide bonds. The minimum atomic E-state index is 0.00225. The highest BCUT2D eigenvalue weighted by atomic mass is 16.2. The Morgan fingerprint density at radius 2 is 1.94 bits per heavy atom. The van der Waals surface area contributed by atoms with Crippen molar-refractivity contribution in [3.05, 3.63) is 0 Å². The van der Waals surface area contributed by atoms with E-state index in [0.29, 0.717) is 25.6 Å². The van der Waals surface area contributed by atoms with Crippen molar-refractivity contribution >= 4 is 11.8 Å². The number of rotatable bonds is 8. The van der Waals surface area contributed by atoms with Gasteiger partial charge in [0.2, 0.25) is 11.8 Å². The number of hydrogen-bond donors (Lipinski definition) is 3. The lowest BCUT2D eigenvalue weighted by Gasteiger charge is -2.09. The minimum absolute atomic E-state index is 0.00225. The van der Waals surface area contributed by atoms with Crippen molar-refractivity contribution in [2.24, 2.45) is 0 Å². The zero-order valence-corrected chi connectivity index (χ0v) is 10.7. The molecule has 17 heavy (non-hydrogen) atoms. The number of nitrogens with one attached hydrogen (secondary N) is 3. The summed E-state index contributed by atoms with van der Waals surface area (Å²) in [6.07, 6.45) is 3.56. The molecule has 0 aromatic rings. The number of hydrogen-bond acceptors (Lipinski definition) is 3. The van der Waals surface area contributed by atoms with E-state index in [0.717, 1.165) is 19.3 Å². The first kappa shape index (κ1) is 14.0. The van der Waals surface area contributed by atoms with Crippen LogP contribution in [-0.4, -0.2) is 37.0 Å². The summed E-state index contributed by atoms with van der Waals surface area (Å²) < 4.78 is 0. The van der Waals surface area contributed by atoms with Crippen LogP contribution < -0.4 is 16.0 Å². The number of amides is 2. The fraction of sp³-hybridized carbons (Fsp3) is 0.833. The van der Waals surface area contributed by atoms with Crippen LogP contribution in [0.15, 0.2) is 0 Å². The maximum Gasteiger partial charge on any atom is 0.234 e. The van der Waals surface area contributed by atoms with E-state index in [1.165, 1.54) is 0 Å². The Morgan fingerprint density at radius 3 is 2.53 bits per heavy atom. The molecule has 1 aliphatic rings. The van der Waals surface area contributed by atoms with Crippen LogP contribution >= 0.6 is 0 Å². The molecular formula is C12H23N3O2. The molecule has 0 aliphatic heterocycles. The molecule has 3 N–H and O–H groups in total. The SMILES string of the molecule is CC(C)NC(=O)CNCCCC(=O)NC1CC1. The maximum absolute atomic E-state index is 11.3. The van der Waals surface area contributed by atoms with Crippen molar-refractivity contribution < 1.29 is 9.59 Å². The molecule has 0 unspecified atom stereocenters. The van der Waals surface area contributed by atoms with Crippen LogP contribution in [0.5, 0.6) is 0 Å². The van der Waals surface area contributed by atoms with Crippen LogP contribution in [0.1, 0.15) is 39.5 Å². The highest BCUT2D eigenvalue weighted by Crippen LogP contribution is 2.18. The van der Waals surface area contributed by atoms with E-state index >= 15 is 0 Å². The molecule has 0 saturated heterocycles. The van der Waals surface area contributed by atoms with Gasteiger partial charge in [0.25, 0.3) is 0 Å². The third kappa shape index (κ3) is 7.74. The van der Waals surface area contributed by atoms with Crippen LogP contribution in [0.25, 0.3) is 0 Å². The molecule has 0 aromatic heterocycles. The smallest absolute Gasteiger partial charge is 0.234 e. The molecule has 0 bridgehead atoms. The van der Waals surface area contributed by atoms with E-state index in [1.807, 2.05) is 13.8 Å². The first-order valence-electron chi connectivity index (χ1n) is 6.37. The second kappa shape index (κ2) is 7.27. The van der Waals surface area contributed by atoms with Gasteiger partial charge >= 0.3 is 0 Å². The summed E-state index contributed by atoms with van der Waals surface area (Å²) in [5.41, 5.74) is 0. The highest BCUT2D eigenvalue weighted by molar-refractivity contribution is 5.78. The Morgan fingerprint density at radius 1 is 1.24 bits per heavy atom. The number of carbonyl (C=O) groups excluding carboxylic acids is 2. The van der Waals surface area contributed by atoms with Gasteiger partial charge in [-0.05, 0) is 39.7 Å². The van der Waals surface area contributed by atoms with E-state index in [9.17, 15) is 9.59 Å². The third-order valence-electron chi connectivity index (χ3n) is 2.44. The van der Waals surface area contributed by atoms with Crippen molar-refractivity contribution in [3.63, 3.8) is 0 Å². The monoisotopic (exact) mass is 241 g/mol. The summed E-state index contributed by atoms with van der Waals surface area (Å²) in [6.45, 7) is 4.88. The van der Waals surface area contributed by atoms with Crippen molar-refractivity contribution in [2.75, 3.05) is 13.1 Å². The minimum Gasteiger partial charge on any atom is -0.353 e. The Kier molecular flexibility index (Phi) is 5.97. The second-order valence-corrected chi connectivity index (χ2v) is 4.84. The normalized spacial score (nSPS) is 14.8. The largest absolute Gasteiger partial charge is 0.353 e. The molecule has 5 nitrogen and oxygen atoms in total. The fourth-order valence-electron chi connectivity index (χ4n) is 1.48. The lowest BCUT2D eigenvalue weighted by Crippen LogP contribution is -2.38. The predicted octanol–water partition coefficient (Wildman–Crippen LogP) is 0.159. The summed E-state index contributed by atoms with van der Waals surface area (Å²) in [6, 6.07) is 0.612. The van der Waals surface area contributed by atoms with E-state index in [2.05, 4.69) is 16.0 Å². The Balaban J connectivity index is 1.89. The Hall–Kier alpha value is -1.10. The molecule has 1 rings (SSSR count). The first-order chi connectivity index (χ1) is 8.08. The molecule has 5 heteroatoms. The zero-order chi connectivity index (χ0) is 12.7. The van der Waals surface area contributed by atoms with Gasteiger partial charge in [-0.3, -0.25) is 9.59 Å². The van der Waals surface area contributed by atoms with Crippen LogP contribution in [0.3, 0.4) is 0 Å². The van der Waals surface area contributed by atoms with Crippen molar-refractivity contribution in [2.45, 2.75) is 51.6 Å². The van der Waals surface area contributed by atoms with Crippen molar-refractivity contribution in [3.8, 4) is 0 Å². The second-order valence-electron chi connectivity index (χ2n) is 4.84. The first-order valence-corrected chi connectivity index (χ1v) is 6.37. The van der Waals surface area contributed by atoms with Gasteiger partial charge in [-0.25, -0.2) is 0 Å². The Bertz CT molecular complexity index is 244. The number of carbonyl (C=O) groups is 2. The molecule has 0 radical (unpaired) electrons. The van der Waals surface area contributed by atoms with Crippen molar-refractivity contribution in [1.29, 1.82) is 0 Å². The lowest BCUT2D eigenvalue weighted by atomic mass is 10.3. The van der Waals surface area contributed by atoms with Gasteiger partial charge in [-0.2, -0.15) is 0 Å². The van der Waals surface area contributed by atoms with Gasteiger partial charge in [-0.15, -0.1) is 0 Å². The van der Waals surface area contributed by atoms with Gasteiger partial charge < -0.3 is 16.0 Å². The van der Waals surface area contributed by atoms with Crippen molar-refractivity contribution in [1.82, 2.24) is 16.0 Å². The molecule has 1 fully saturated rings. The van der Waals surface area contributed by atoms with Crippen LogP contribution in [0.4, 0.5) is 0 Å². The van der Waals surface area contributed by atoms with Crippen LogP contribution in [-0.2, 0) is 9.59 Å². The van der Waals surface area contributed by atoms with Gasteiger partial charge in [0, 0.05) is 18.5 Å². The molecule has 1 saturated carbocycles. The van der Waals surface area contributed by atoms with E-state index in [-0.39, 0.29) is 17.9 Å². The van der Waals surface area contributed by atoms with E-state index < -0.39 is 0 Å². The predicted molar refractivity (Wildman–Crippen MR) is 66.5 cm³/mol. The zero-order valence-electron chi connectivity index (χ0n) is 10.7.